The summed E-state index contributed by atoms with van der Waals surface area (Å²) in [5, 5.41) is 0.797. The third kappa shape index (κ3) is 2.64. The molecule has 0 atom stereocenters. The molecule has 0 N–H and O–H groups in total. The van der Waals surface area contributed by atoms with Crippen molar-refractivity contribution in [3.05, 3.63) is 29.3 Å². The average Bonchev–Trinajstić information content (AvgIpc) is 2.30. The summed E-state index contributed by atoms with van der Waals surface area (Å²) < 4.78 is 5.35. The second-order valence-corrected chi connectivity index (χ2v) is 4.33. The van der Waals surface area contributed by atoms with Gasteiger partial charge < -0.3 is 9.64 Å². The van der Waals surface area contributed by atoms with Gasteiger partial charge in [-0.25, -0.2) is 0 Å². The van der Waals surface area contributed by atoms with Gasteiger partial charge in [-0.15, -0.1) is 0 Å². The number of nitrogens with zero attached hydrogens (tertiary/aromatic N) is 1. The van der Waals surface area contributed by atoms with E-state index in [4.69, 9.17) is 16.3 Å². The first-order valence-corrected chi connectivity index (χ1v) is 5.70. The summed E-state index contributed by atoms with van der Waals surface area (Å²) in [7, 11) is 1.79. The molecule has 1 aliphatic heterocycles. The van der Waals surface area contributed by atoms with Crippen LogP contribution >= 0.6 is 11.6 Å². The van der Waals surface area contributed by atoms with Crippen molar-refractivity contribution in [2.75, 3.05) is 25.1 Å². The second kappa shape index (κ2) is 4.86. The lowest BCUT2D eigenvalue weighted by atomic mass is 10.1. The molecule has 1 fully saturated rings. The summed E-state index contributed by atoms with van der Waals surface area (Å²) in [5.41, 5.74) is 1.26. The van der Waals surface area contributed by atoms with Gasteiger partial charge in [0.1, 0.15) is 0 Å². The summed E-state index contributed by atoms with van der Waals surface area (Å²) in [5.74, 6) is 0. The van der Waals surface area contributed by atoms with Gasteiger partial charge in [0.15, 0.2) is 0 Å². The lowest BCUT2D eigenvalue weighted by Gasteiger charge is -2.32. The van der Waals surface area contributed by atoms with Crippen LogP contribution in [0.5, 0.6) is 0 Å². The Bertz CT molecular complexity index is 304. The Morgan fingerprint density at radius 1 is 1.20 bits per heavy atom. The van der Waals surface area contributed by atoms with Crippen LogP contribution in [0.15, 0.2) is 24.3 Å². The van der Waals surface area contributed by atoms with Gasteiger partial charge in [0, 0.05) is 30.9 Å². The molecule has 0 saturated carbocycles. The standard InChI is InChI=1S/C12H16ClNO/c1-15-12-6-8-14(9-7-12)11-4-2-10(13)3-5-11/h2-5,12H,6-9H2,1H3. The van der Waals surface area contributed by atoms with Crippen molar-refractivity contribution in [2.24, 2.45) is 0 Å². The second-order valence-electron chi connectivity index (χ2n) is 3.90. The minimum atomic E-state index is 0.438. The zero-order valence-corrected chi connectivity index (χ0v) is 9.70. The first-order valence-electron chi connectivity index (χ1n) is 5.33. The van der Waals surface area contributed by atoms with Crippen molar-refractivity contribution in [2.45, 2.75) is 18.9 Å². The number of piperidine rings is 1. The molecule has 1 aliphatic rings. The quantitative estimate of drug-likeness (QED) is 0.768. The van der Waals surface area contributed by atoms with Crippen LogP contribution in [0.4, 0.5) is 5.69 Å². The Morgan fingerprint density at radius 2 is 1.80 bits per heavy atom. The maximum atomic E-state index is 5.86. The number of anilines is 1. The van der Waals surface area contributed by atoms with Crippen LogP contribution in [0.1, 0.15) is 12.8 Å². The molecule has 0 amide bonds. The Hall–Kier alpha value is -0.730. The van der Waals surface area contributed by atoms with E-state index in [1.807, 2.05) is 12.1 Å². The fourth-order valence-corrected chi connectivity index (χ4v) is 2.13. The van der Waals surface area contributed by atoms with E-state index in [-0.39, 0.29) is 0 Å². The Morgan fingerprint density at radius 3 is 2.33 bits per heavy atom. The number of methoxy groups -OCH3 is 1. The van der Waals surface area contributed by atoms with Crippen molar-refractivity contribution in [3.63, 3.8) is 0 Å². The minimum absolute atomic E-state index is 0.438. The third-order valence-electron chi connectivity index (χ3n) is 2.97. The van der Waals surface area contributed by atoms with Crippen molar-refractivity contribution < 1.29 is 4.74 Å². The van der Waals surface area contributed by atoms with Gasteiger partial charge in [-0.3, -0.25) is 0 Å². The lowest BCUT2D eigenvalue weighted by Crippen LogP contribution is -2.36. The lowest BCUT2D eigenvalue weighted by molar-refractivity contribution is 0.0819. The molecule has 15 heavy (non-hydrogen) atoms. The van der Waals surface area contributed by atoms with Crippen molar-refractivity contribution >= 4 is 17.3 Å². The fraction of sp³-hybridized carbons (Fsp3) is 0.500. The van der Waals surface area contributed by atoms with E-state index in [1.54, 1.807) is 7.11 Å². The molecule has 2 nitrogen and oxygen atoms in total. The van der Waals surface area contributed by atoms with E-state index in [0.29, 0.717) is 6.10 Å². The summed E-state index contributed by atoms with van der Waals surface area (Å²) in [4.78, 5) is 2.38. The van der Waals surface area contributed by atoms with Crippen molar-refractivity contribution in [3.8, 4) is 0 Å². The van der Waals surface area contributed by atoms with Crippen LogP contribution in [-0.4, -0.2) is 26.3 Å². The molecule has 2 rings (SSSR count). The summed E-state index contributed by atoms with van der Waals surface area (Å²) in [6.07, 6.45) is 2.66. The number of benzene rings is 1. The molecule has 0 unspecified atom stereocenters. The van der Waals surface area contributed by atoms with Crippen LogP contribution in [0.3, 0.4) is 0 Å². The number of ether oxygens (including phenoxy) is 1. The number of rotatable bonds is 2. The summed E-state index contributed by atoms with van der Waals surface area (Å²) in [6.45, 7) is 2.14. The zero-order chi connectivity index (χ0) is 10.7. The SMILES string of the molecule is COC1CCN(c2ccc(Cl)cc2)CC1. The van der Waals surface area contributed by atoms with E-state index >= 15 is 0 Å². The van der Waals surface area contributed by atoms with E-state index in [9.17, 15) is 0 Å². The maximum absolute atomic E-state index is 5.86. The highest BCUT2D eigenvalue weighted by atomic mass is 35.5. The molecule has 1 heterocycles. The van der Waals surface area contributed by atoms with Crippen LogP contribution < -0.4 is 4.90 Å². The first kappa shape index (κ1) is 10.8. The van der Waals surface area contributed by atoms with Gasteiger partial charge in [-0.1, -0.05) is 11.6 Å². The molecular weight excluding hydrogens is 210 g/mol. The first-order chi connectivity index (χ1) is 7.29. The highest BCUT2D eigenvalue weighted by Gasteiger charge is 2.18. The van der Waals surface area contributed by atoms with Gasteiger partial charge in [0.25, 0.3) is 0 Å². The van der Waals surface area contributed by atoms with E-state index in [1.165, 1.54) is 5.69 Å². The molecule has 0 radical (unpaired) electrons. The van der Waals surface area contributed by atoms with Crippen LogP contribution in [0.25, 0.3) is 0 Å². The van der Waals surface area contributed by atoms with E-state index in [2.05, 4.69) is 17.0 Å². The average molecular weight is 226 g/mol. The van der Waals surface area contributed by atoms with Gasteiger partial charge in [-0.2, -0.15) is 0 Å². The van der Waals surface area contributed by atoms with Gasteiger partial charge in [0.2, 0.25) is 0 Å². The van der Waals surface area contributed by atoms with Crippen LogP contribution in [0, 0.1) is 0 Å². The Balaban J connectivity index is 1.98. The minimum Gasteiger partial charge on any atom is -0.381 e. The third-order valence-corrected chi connectivity index (χ3v) is 3.22. The molecule has 0 spiro atoms. The van der Waals surface area contributed by atoms with Gasteiger partial charge in [-0.05, 0) is 37.1 Å². The topological polar surface area (TPSA) is 12.5 Å². The van der Waals surface area contributed by atoms with Crippen LogP contribution in [0.2, 0.25) is 5.02 Å². The molecule has 1 aromatic carbocycles. The molecule has 3 heteroatoms. The summed E-state index contributed by atoms with van der Waals surface area (Å²) in [6, 6.07) is 8.05. The molecule has 1 aromatic rings. The van der Waals surface area contributed by atoms with Gasteiger partial charge >= 0.3 is 0 Å². The van der Waals surface area contributed by atoms with Crippen molar-refractivity contribution in [1.82, 2.24) is 0 Å². The van der Waals surface area contributed by atoms with E-state index in [0.717, 1.165) is 31.0 Å². The van der Waals surface area contributed by atoms with E-state index < -0.39 is 0 Å². The fourth-order valence-electron chi connectivity index (χ4n) is 2.00. The zero-order valence-electron chi connectivity index (χ0n) is 8.95. The Kier molecular flexibility index (Phi) is 3.49. The van der Waals surface area contributed by atoms with Crippen molar-refractivity contribution in [1.29, 1.82) is 0 Å². The highest BCUT2D eigenvalue weighted by molar-refractivity contribution is 6.30. The number of hydrogen-bond acceptors (Lipinski definition) is 2. The molecule has 0 bridgehead atoms. The monoisotopic (exact) mass is 225 g/mol. The van der Waals surface area contributed by atoms with Crippen LogP contribution in [-0.2, 0) is 4.74 Å². The summed E-state index contributed by atoms with van der Waals surface area (Å²) >= 11 is 5.86. The highest BCUT2D eigenvalue weighted by Crippen LogP contribution is 2.22. The normalized spacial score (nSPS) is 18.1. The predicted octanol–water partition coefficient (Wildman–Crippen LogP) is 2.96. The predicted molar refractivity (Wildman–Crippen MR) is 63.7 cm³/mol. The van der Waals surface area contributed by atoms with Gasteiger partial charge in [0.05, 0.1) is 6.10 Å². The molecule has 82 valence electrons. The maximum Gasteiger partial charge on any atom is 0.0605 e. The molecule has 0 aliphatic carbocycles. The molecule has 1 saturated heterocycles. The smallest absolute Gasteiger partial charge is 0.0605 e. The largest absolute Gasteiger partial charge is 0.381 e. The Labute approximate surface area is 95.8 Å². The number of hydrogen-bond donors (Lipinski definition) is 0. The molecular formula is C12H16ClNO. The number of halogens is 1. The molecule has 0 aromatic heterocycles.